The van der Waals surface area contributed by atoms with Crippen molar-refractivity contribution in [2.24, 2.45) is 0 Å². The number of hydrogen-bond donors (Lipinski definition) is 0. The predicted molar refractivity (Wildman–Crippen MR) is 100 cm³/mol. The first-order valence-corrected chi connectivity index (χ1v) is 8.86. The molecule has 3 aromatic rings. The van der Waals surface area contributed by atoms with Gasteiger partial charge in [-0.05, 0) is 36.4 Å². The number of hydrogen-bond acceptors (Lipinski definition) is 6. The van der Waals surface area contributed by atoms with Crippen LogP contribution in [0, 0.1) is 0 Å². The summed E-state index contributed by atoms with van der Waals surface area (Å²) in [5.74, 6) is 2.72. The molecule has 0 atom stereocenters. The van der Waals surface area contributed by atoms with Crippen molar-refractivity contribution in [1.29, 1.82) is 0 Å². The van der Waals surface area contributed by atoms with Gasteiger partial charge in [0.05, 0.1) is 7.11 Å². The van der Waals surface area contributed by atoms with E-state index in [1.807, 2.05) is 47.1 Å². The Morgan fingerprint density at radius 3 is 2.50 bits per heavy atom. The van der Waals surface area contributed by atoms with E-state index in [4.69, 9.17) is 9.47 Å². The SMILES string of the molecule is COc1ccc(OCCN2CCN(c3ccc4nccn4n3)CC2)cc1. The van der Waals surface area contributed by atoms with Gasteiger partial charge in [0.15, 0.2) is 5.65 Å². The van der Waals surface area contributed by atoms with Gasteiger partial charge in [0.25, 0.3) is 0 Å². The molecule has 1 aliphatic rings. The summed E-state index contributed by atoms with van der Waals surface area (Å²) in [6.45, 7) is 5.57. The summed E-state index contributed by atoms with van der Waals surface area (Å²) < 4.78 is 12.8. The van der Waals surface area contributed by atoms with Gasteiger partial charge in [-0.25, -0.2) is 9.50 Å². The van der Waals surface area contributed by atoms with E-state index in [1.54, 1.807) is 13.3 Å². The molecule has 3 heterocycles. The Balaban J connectivity index is 1.24. The van der Waals surface area contributed by atoms with Crippen LogP contribution in [-0.4, -0.2) is 65.9 Å². The zero-order valence-corrected chi connectivity index (χ0v) is 14.9. The Bertz CT molecular complexity index is 841. The van der Waals surface area contributed by atoms with Crippen LogP contribution in [0.1, 0.15) is 0 Å². The smallest absolute Gasteiger partial charge is 0.153 e. The van der Waals surface area contributed by atoms with Crippen molar-refractivity contribution >= 4 is 11.5 Å². The maximum atomic E-state index is 5.83. The van der Waals surface area contributed by atoms with Crippen molar-refractivity contribution in [3.63, 3.8) is 0 Å². The summed E-state index contributed by atoms with van der Waals surface area (Å²) >= 11 is 0. The number of benzene rings is 1. The molecule has 0 unspecified atom stereocenters. The second-order valence-electron chi connectivity index (χ2n) is 6.27. The molecule has 136 valence electrons. The molecule has 1 fully saturated rings. The minimum absolute atomic E-state index is 0.686. The van der Waals surface area contributed by atoms with Crippen LogP contribution in [-0.2, 0) is 0 Å². The number of ether oxygens (including phenoxy) is 2. The number of nitrogens with zero attached hydrogens (tertiary/aromatic N) is 5. The highest BCUT2D eigenvalue weighted by Crippen LogP contribution is 2.17. The van der Waals surface area contributed by atoms with Gasteiger partial charge in [-0.15, -0.1) is 5.10 Å². The van der Waals surface area contributed by atoms with Crippen LogP contribution in [0.25, 0.3) is 5.65 Å². The summed E-state index contributed by atoms with van der Waals surface area (Å²) in [4.78, 5) is 8.98. The van der Waals surface area contributed by atoms with Crippen LogP contribution in [0.15, 0.2) is 48.8 Å². The third-order valence-electron chi connectivity index (χ3n) is 4.67. The highest BCUT2D eigenvalue weighted by Gasteiger charge is 2.18. The fourth-order valence-electron chi connectivity index (χ4n) is 3.14. The molecule has 7 nitrogen and oxygen atoms in total. The molecule has 0 saturated carbocycles. The molecule has 0 N–H and O–H groups in total. The van der Waals surface area contributed by atoms with Crippen LogP contribution < -0.4 is 14.4 Å². The Hall–Kier alpha value is -2.80. The fourth-order valence-corrected chi connectivity index (χ4v) is 3.14. The molecule has 1 aromatic carbocycles. The molecule has 0 amide bonds. The Kier molecular flexibility index (Phi) is 4.88. The van der Waals surface area contributed by atoms with Gasteiger partial charge in [0.1, 0.15) is 23.9 Å². The third-order valence-corrected chi connectivity index (χ3v) is 4.67. The lowest BCUT2D eigenvalue weighted by atomic mass is 10.3. The standard InChI is InChI=1S/C19H23N5O2/c1-25-16-2-4-17(5-3-16)26-15-14-22-10-12-23(13-11-22)19-7-6-18-20-8-9-24(18)21-19/h2-9H,10-15H2,1H3. The van der Waals surface area contributed by atoms with Crippen LogP contribution >= 0.6 is 0 Å². The van der Waals surface area contributed by atoms with Crippen LogP contribution in [0.3, 0.4) is 0 Å². The Morgan fingerprint density at radius 1 is 0.962 bits per heavy atom. The lowest BCUT2D eigenvalue weighted by Gasteiger charge is -2.35. The van der Waals surface area contributed by atoms with Gasteiger partial charge in [0.2, 0.25) is 0 Å². The number of anilines is 1. The molecule has 0 radical (unpaired) electrons. The van der Waals surface area contributed by atoms with Crippen molar-refractivity contribution in [3.05, 3.63) is 48.8 Å². The van der Waals surface area contributed by atoms with E-state index in [1.165, 1.54) is 0 Å². The predicted octanol–water partition coefficient (Wildman–Crippen LogP) is 1.94. The van der Waals surface area contributed by atoms with Crippen molar-refractivity contribution < 1.29 is 9.47 Å². The van der Waals surface area contributed by atoms with E-state index >= 15 is 0 Å². The average Bonchev–Trinajstić information content (AvgIpc) is 3.17. The van der Waals surface area contributed by atoms with Gasteiger partial charge in [-0.3, -0.25) is 4.90 Å². The molecule has 0 aliphatic carbocycles. The molecule has 0 bridgehead atoms. The highest BCUT2D eigenvalue weighted by atomic mass is 16.5. The fraction of sp³-hybridized carbons (Fsp3) is 0.368. The van der Waals surface area contributed by atoms with Crippen LogP contribution in [0.4, 0.5) is 5.82 Å². The topological polar surface area (TPSA) is 55.1 Å². The summed E-state index contributed by atoms with van der Waals surface area (Å²) in [5, 5.41) is 4.63. The number of piperazine rings is 1. The summed E-state index contributed by atoms with van der Waals surface area (Å²) in [5.41, 5.74) is 0.878. The van der Waals surface area contributed by atoms with Crippen molar-refractivity contribution in [3.8, 4) is 11.5 Å². The minimum atomic E-state index is 0.686. The Labute approximate surface area is 152 Å². The molecule has 7 heteroatoms. The minimum Gasteiger partial charge on any atom is -0.497 e. The molecule has 1 aliphatic heterocycles. The summed E-state index contributed by atoms with van der Waals surface area (Å²) in [6, 6.07) is 11.8. The maximum Gasteiger partial charge on any atom is 0.153 e. The monoisotopic (exact) mass is 353 g/mol. The lowest BCUT2D eigenvalue weighted by molar-refractivity contribution is 0.200. The van der Waals surface area contributed by atoms with Gasteiger partial charge >= 0.3 is 0 Å². The molecule has 26 heavy (non-hydrogen) atoms. The van der Waals surface area contributed by atoms with Crippen molar-refractivity contribution in [1.82, 2.24) is 19.5 Å². The number of aromatic nitrogens is 3. The highest BCUT2D eigenvalue weighted by molar-refractivity contribution is 5.46. The zero-order chi connectivity index (χ0) is 17.8. The molecular formula is C19H23N5O2. The van der Waals surface area contributed by atoms with Crippen LogP contribution in [0.2, 0.25) is 0 Å². The number of rotatable bonds is 6. The van der Waals surface area contributed by atoms with Gasteiger partial charge in [-0.2, -0.15) is 0 Å². The Morgan fingerprint density at radius 2 is 1.73 bits per heavy atom. The zero-order valence-electron chi connectivity index (χ0n) is 14.9. The largest absolute Gasteiger partial charge is 0.497 e. The van der Waals surface area contributed by atoms with Crippen LogP contribution in [0.5, 0.6) is 11.5 Å². The van der Waals surface area contributed by atoms with Gasteiger partial charge in [-0.1, -0.05) is 0 Å². The van der Waals surface area contributed by atoms with E-state index in [9.17, 15) is 0 Å². The van der Waals surface area contributed by atoms with E-state index in [0.29, 0.717) is 6.61 Å². The molecule has 4 rings (SSSR count). The molecular weight excluding hydrogens is 330 g/mol. The maximum absolute atomic E-state index is 5.83. The van der Waals surface area contributed by atoms with Crippen molar-refractivity contribution in [2.45, 2.75) is 0 Å². The number of imidazole rings is 1. The second kappa shape index (κ2) is 7.61. The first kappa shape index (κ1) is 16.7. The molecule has 2 aromatic heterocycles. The number of methoxy groups -OCH3 is 1. The van der Waals surface area contributed by atoms with E-state index in [2.05, 4.69) is 19.9 Å². The lowest BCUT2D eigenvalue weighted by Crippen LogP contribution is -2.47. The van der Waals surface area contributed by atoms with Gasteiger partial charge < -0.3 is 14.4 Å². The quantitative estimate of drug-likeness (QED) is 0.675. The van der Waals surface area contributed by atoms with E-state index < -0.39 is 0 Å². The number of fused-ring (bicyclic) bond motifs is 1. The summed E-state index contributed by atoms with van der Waals surface area (Å²) in [6.07, 6.45) is 3.65. The first-order chi connectivity index (χ1) is 12.8. The first-order valence-electron chi connectivity index (χ1n) is 8.86. The average molecular weight is 353 g/mol. The molecule has 1 saturated heterocycles. The third kappa shape index (κ3) is 3.72. The molecule has 0 spiro atoms. The second-order valence-corrected chi connectivity index (χ2v) is 6.27. The van der Waals surface area contributed by atoms with Gasteiger partial charge in [0, 0.05) is 45.1 Å². The summed E-state index contributed by atoms with van der Waals surface area (Å²) in [7, 11) is 1.67. The van der Waals surface area contributed by atoms with E-state index in [-0.39, 0.29) is 0 Å². The van der Waals surface area contributed by atoms with Crippen molar-refractivity contribution in [2.75, 3.05) is 51.3 Å². The van der Waals surface area contributed by atoms with E-state index in [0.717, 1.165) is 55.7 Å². The normalized spacial score (nSPS) is 15.3.